The lowest BCUT2D eigenvalue weighted by molar-refractivity contribution is -0.0982. The molecule has 0 aliphatic rings. The summed E-state index contributed by atoms with van der Waals surface area (Å²) in [6, 6.07) is 7.99. The van der Waals surface area contributed by atoms with Crippen LogP contribution in [0.5, 0.6) is 0 Å². The quantitative estimate of drug-likeness (QED) is 0.753. The van der Waals surface area contributed by atoms with Gasteiger partial charge in [0.25, 0.3) is 10.0 Å². The Morgan fingerprint density at radius 2 is 1.64 bits per heavy atom. The van der Waals surface area contributed by atoms with E-state index in [9.17, 15) is 18.5 Å². The van der Waals surface area contributed by atoms with Gasteiger partial charge in [-0.25, -0.2) is 12.4 Å². The summed E-state index contributed by atoms with van der Waals surface area (Å²) in [4.78, 5) is 0.160. The number of hydrogen-bond acceptors (Lipinski definition) is 5. The molecule has 0 bridgehead atoms. The fourth-order valence-electron chi connectivity index (χ4n) is 2.01. The second-order valence-electron chi connectivity index (χ2n) is 7.13. The fraction of sp³-hybridized carbons (Fsp3) is 0.412. The van der Waals surface area contributed by atoms with E-state index in [1.54, 1.807) is 39.8 Å². The molecule has 0 spiro atoms. The first-order valence-corrected chi connectivity index (χ1v) is 9.37. The maximum absolute atomic E-state index is 12.6. The van der Waals surface area contributed by atoms with Gasteiger partial charge in [-0.15, -0.1) is 0 Å². The van der Waals surface area contributed by atoms with Gasteiger partial charge in [-0.2, -0.15) is 0 Å². The Kier molecular flexibility index (Phi) is 5.21. The van der Waals surface area contributed by atoms with Gasteiger partial charge in [-0.1, -0.05) is 17.7 Å². The third kappa shape index (κ3) is 4.15. The smallest absolute Gasteiger partial charge is 0.423 e. The topological polar surface area (TPSA) is 88.8 Å². The number of benzene rings is 1. The zero-order valence-electron chi connectivity index (χ0n) is 15.1. The Labute approximate surface area is 149 Å². The van der Waals surface area contributed by atoms with Crippen molar-refractivity contribution in [3.8, 4) is 0 Å². The minimum atomic E-state index is -3.74. The summed E-state index contributed by atoms with van der Waals surface area (Å²) in [7, 11) is -5.10. The van der Waals surface area contributed by atoms with Gasteiger partial charge in [0.2, 0.25) is 0 Å². The summed E-state index contributed by atoms with van der Waals surface area (Å²) in [5.74, 6) is 0. The monoisotopic (exact) mass is 365 g/mol. The van der Waals surface area contributed by atoms with Crippen molar-refractivity contribution in [2.75, 3.05) is 0 Å². The molecule has 0 unspecified atom stereocenters. The largest absolute Gasteiger partial charge is 0.493 e. The Bertz CT molecular complexity index is 835. The number of nitrogens with zero attached hydrogens (tertiary/aromatic N) is 1. The summed E-state index contributed by atoms with van der Waals surface area (Å²) < 4.78 is 31.8. The first-order chi connectivity index (χ1) is 11.3. The van der Waals surface area contributed by atoms with E-state index >= 15 is 0 Å². The number of aliphatic hydroxyl groups is 1. The molecular formula is C17H24BNO5S. The third-order valence-electron chi connectivity index (χ3n) is 4.45. The summed E-state index contributed by atoms with van der Waals surface area (Å²) in [6.45, 7) is 8.33. The van der Waals surface area contributed by atoms with E-state index in [4.69, 9.17) is 4.65 Å². The van der Waals surface area contributed by atoms with Crippen LogP contribution in [0.25, 0.3) is 0 Å². The van der Waals surface area contributed by atoms with Gasteiger partial charge in [0.1, 0.15) is 0 Å². The molecule has 25 heavy (non-hydrogen) atoms. The normalized spacial score (nSPS) is 13.1. The average molecular weight is 365 g/mol. The average Bonchev–Trinajstić information content (AvgIpc) is 2.96. The van der Waals surface area contributed by atoms with Crippen LogP contribution in [0, 0.1) is 6.92 Å². The Morgan fingerprint density at radius 1 is 1.08 bits per heavy atom. The van der Waals surface area contributed by atoms with Crippen molar-refractivity contribution in [3.63, 3.8) is 0 Å². The highest BCUT2D eigenvalue weighted by Gasteiger charge is 2.39. The van der Waals surface area contributed by atoms with Crippen LogP contribution >= 0.6 is 0 Å². The van der Waals surface area contributed by atoms with E-state index in [-0.39, 0.29) is 10.4 Å². The lowest BCUT2D eigenvalue weighted by Crippen LogP contribution is -2.53. The van der Waals surface area contributed by atoms with E-state index in [0.717, 1.165) is 9.54 Å². The molecule has 1 aromatic carbocycles. The molecule has 0 aliphatic carbocycles. The van der Waals surface area contributed by atoms with Crippen LogP contribution in [0.3, 0.4) is 0 Å². The fourth-order valence-corrected chi connectivity index (χ4v) is 3.22. The van der Waals surface area contributed by atoms with E-state index in [1.807, 2.05) is 6.92 Å². The maximum atomic E-state index is 12.6. The van der Waals surface area contributed by atoms with Crippen molar-refractivity contribution < 1.29 is 23.2 Å². The number of rotatable bonds is 6. The minimum absolute atomic E-state index is 0.160. The number of hydrogen-bond donors (Lipinski definition) is 2. The van der Waals surface area contributed by atoms with Gasteiger partial charge in [-0.3, -0.25) is 0 Å². The molecule has 6 nitrogen and oxygen atoms in total. The molecule has 136 valence electrons. The first-order valence-electron chi connectivity index (χ1n) is 7.93. The summed E-state index contributed by atoms with van der Waals surface area (Å²) in [6.07, 6.45) is 2.66. The van der Waals surface area contributed by atoms with Gasteiger partial charge in [0.05, 0.1) is 16.1 Å². The van der Waals surface area contributed by atoms with E-state index < -0.39 is 28.3 Å². The first kappa shape index (κ1) is 19.7. The van der Waals surface area contributed by atoms with Crippen molar-refractivity contribution in [3.05, 3.63) is 48.3 Å². The summed E-state index contributed by atoms with van der Waals surface area (Å²) in [5, 5.41) is 20.4. The molecule has 2 N–H and O–H groups in total. The van der Waals surface area contributed by atoms with Gasteiger partial charge < -0.3 is 14.8 Å². The molecule has 0 saturated heterocycles. The molecule has 2 rings (SSSR count). The molecule has 0 saturated carbocycles. The van der Waals surface area contributed by atoms with Crippen molar-refractivity contribution in [1.82, 2.24) is 3.97 Å². The highest BCUT2D eigenvalue weighted by molar-refractivity contribution is 7.90. The van der Waals surface area contributed by atoms with Gasteiger partial charge >= 0.3 is 7.12 Å². The predicted octanol–water partition coefficient (Wildman–Crippen LogP) is 1.29. The third-order valence-corrected chi connectivity index (χ3v) is 6.10. The zero-order valence-corrected chi connectivity index (χ0v) is 15.9. The van der Waals surface area contributed by atoms with Crippen LogP contribution in [-0.2, 0) is 14.7 Å². The lowest BCUT2D eigenvalue weighted by atomic mass is 9.78. The van der Waals surface area contributed by atoms with Gasteiger partial charge in [0, 0.05) is 17.9 Å². The Hall–Kier alpha value is -1.61. The molecule has 1 heterocycles. The molecule has 8 heteroatoms. The SMILES string of the molecule is Cc1ccc(S(=O)(=O)n2ccc(B(O)OC(C)(C)C(C)(C)O)c2)cc1. The Morgan fingerprint density at radius 3 is 2.16 bits per heavy atom. The van der Waals surface area contributed by atoms with Crippen LogP contribution in [0.15, 0.2) is 47.6 Å². The summed E-state index contributed by atoms with van der Waals surface area (Å²) >= 11 is 0. The van der Waals surface area contributed by atoms with Crippen molar-refractivity contribution in [1.29, 1.82) is 0 Å². The minimum Gasteiger partial charge on any atom is -0.423 e. The molecule has 0 atom stereocenters. The highest BCUT2D eigenvalue weighted by Crippen LogP contribution is 2.25. The van der Waals surface area contributed by atoms with E-state index in [2.05, 4.69) is 0 Å². The second kappa shape index (κ2) is 6.61. The second-order valence-corrected chi connectivity index (χ2v) is 8.98. The van der Waals surface area contributed by atoms with E-state index in [0.29, 0.717) is 0 Å². The molecular weight excluding hydrogens is 341 g/mol. The number of aromatic nitrogens is 1. The number of aryl methyl sites for hydroxylation is 1. The maximum Gasteiger partial charge on any atom is 0.493 e. The van der Waals surface area contributed by atoms with Crippen LogP contribution in [0.4, 0.5) is 0 Å². The van der Waals surface area contributed by atoms with Gasteiger partial charge in [-0.05, 0) is 52.8 Å². The molecule has 1 aromatic heterocycles. The molecule has 0 fully saturated rings. The van der Waals surface area contributed by atoms with Crippen molar-refractivity contribution in [2.24, 2.45) is 0 Å². The Balaban J connectivity index is 2.26. The van der Waals surface area contributed by atoms with Crippen LogP contribution in [0.1, 0.15) is 33.3 Å². The highest BCUT2D eigenvalue weighted by atomic mass is 32.2. The van der Waals surface area contributed by atoms with Crippen LogP contribution < -0.4 is 5.46 Å². The van der Waals surface area contributed by atoms with Crippen LogP contribution in [0.2, 0.25) is 0 Å². The zero-order chi connectivity index (χ0) is 19.0. The molecule has 0 radical (unpaired) electrons. The predicted molar refractivity (Wildman–Crippen MR) is 97.3 cm³/mol. The van der Waals surface area contributed by atoms with Crippen LogP contribution in [-0.4, -0.2) is 40.8 Å². The molecule has 2 aromatic rings. The van der Waals surface area contributed by atoms with E-state index in [1.165, 1.54) is 30.6 Å². The van der Waals surface area contributed by atoms with Crippen molar-refractivity contribution in [2.45, 2.75) is 50.7 Å². The lowest BCUT2D eigenvalue weighted by Gasteiger charge is -2.38. The molecule has 0 aliphatic heterocycles. The summed E-state index contributed by atoms with van der Waals surface area (Å²) in [5.41, 5.74) is -0.979. The standard InChI is InChI=1S/C17H24BNO5S/c1-13-6-8-15(9-7-13)25(22,23)19-11-10-14(12-19)18(21)24-17(4,5)16(2,3)20/h6-12,20-21H,1-5H3. The van der Waals surface area contributed by atoms with Gasteiger partial charge in [0.15, 0.2) is 0 Å². The molecule has 0 amide bonds. The van der Waals surface area contributed by atoms with Crippen molar-refractivity contribution >= 4 is 22.6 Å².